The standard InChI is InChI=1S/C15H12BrNO/c16-14-5-7-15(8-6-14)18-11-13-4-2-1-3-12(13)9-10-17/h1-8H,9,11H2. The molecule has 2 aromatic carbocycles. The van der Waals surface area contributed by atoms with E-state index in [-0.39, 0.29) is 0 Å². The van der Waals surface area contributed by atoms with Gasteiger partial charge < -0.3 is 4.74 Å². The Morgan fingerprint density at radius 2 is 1.67 bits per heavy atom. The summed E-state index contributed by atoms with van der Waals surface area (Å²) in [5.41, 5.74) is 2.08. The van der Waals surface area contributed by atoms with E-state index in [4.69, 9.17) is 10.00 Å². The molecule has 0 N–H and O–H groups in total. The van der Waals surface area contributed by atoms with E-state index < -0.39 is 0 Å². The first-order valence-electron chi connectivity index (χ1n) is 5.61. The van der Waals surface area contributed by atoms with Gasteiger partial charge in [-0.1, -0.05) is 40.2 Å². The van der Waals surface area contributed by atoms with Crippen LogP contribution in [0.3, 0.4) is 0 Å². The molecule has 3 heteroatoms. The van der Waals surface area contributed by atoms with Gasteiger partial charge in [0.15, 0.2) is 0 Å². The lowest BCUT2D eigenvalue weighted by Gasteiger charge is -2.09. The maximum absolute atomic E-state index is 8.76. The molecule has 0 unspecified atom stereocenters. The van der Waals surface area contributed by atoms with Crippen molar-refractivity contribution < 1.29 is 4.74 Å². The Kier molecular flexibility index (Phi) is 4.38. The number of nitrogens with zero attached hydrogens (tertiary/aromatic N) is 1. The Hall–Kier alpha value is -1.79. The number of rotatable bonds is 4. The van der Waals surface area contributed by atoms with Crippen molar-refractivity contribution in [3.8, 4) is 11.8 Å². The van der Waals surface area contributed by atoms with Crippen LogP contribution in [0.1, 0.15) is 11.1 Å². The lowest BCUT2D eigenvalue weighted by molar-refractivity contribution is 0.305. The van der Waals surface area contributed by atoms with Gasteiger partial charge in [-0.2, -0.15) is 5.26 Å². The quantitative estimate of drug-likeness (QED) is 0.852. The number of halogens is 1. The van der Waals surface area contributed by atoms with Crippen molar-refractivity contribution >= 4 is 15.9 Å². The minimum Gasteiger partial charge on any atom is -0.489 e. The van der Waals surface area contributed by atoms with Gasteiger partial charge in [-0.25, -0.2) is 0 Å². The molecule has 0 saturated carbocycles. The Balaban J connectivity index is 2.06. The molecule has 0 aromatic heterocycles. The average Bonchev–Trinajstić information content (AvgIpc) is 2.40. The van der Waals surface area contributed by atoms with E-state index in [0.29, 0.717) is 13.0 Å². The van der Waals surface area contributed by atoms with Crippen LogP contribution in [0, 0.1) is 11.3 Å². The van der Waals surface area contributed by atoms with Crippen LogP contribution >= 0.6 is 15.9 Å². The predicted molar refractivity (Wildman–Crippen MR) is 74.2 cm³/mol. The fourth-order valence-corrected chi connectivity index (χ4v) is 1.91. The number of nitriles is 1. The first-order valence-corrected chi connectivity index (χ1v) is 6.41. The maximum Gasteiger partial charge on any atom is 0.119 e. The van der Waals surface area contributed by atoms with Crippen LogP contribution in [0.15, 0.2) is 53.0 Å². The van der Waals surface area contributed by atoms with E-state index in [9.17, 15) is 0 Å². The fourth-order valence-electron chi connectivity index (χ4n) is 1.65. The molecule has 90 valence electrons. The van der Waals surface area contributed by atoms with Crippen LogP contribution in [-0.4, -0.2) is 0 Å². The van der Waals surface area contributed by atoms with Gasteiger partial charge in [0.1, 0.15) is 12.4 Å². The second kappa shape index (κ2) is 6.23. The number of hydrogen-bond donors (Lipinski definition) is 0. The molecule has 0 spiro atoms. The molecule has 0 amide bonds. The van der Waals surface area contributed by atoms with Crippen LogP contribution in [-0.2, 0) is 13.0 Å². The van der Waals surface area contributed by atoms with Crippen molar-refractivity contribution in [2.75, 3.05) is 0 Å². The zero-order chi connectivity index (χ0) is 12.8. The summed E-state index contributed by atoms with van der Waals surface area (Å²) in [6.45, 7) is 0.486. The summed E-state index contributed by atoms with van der Waals surface area (Å²) in [7, 11) is 0. The summed E-state index contributed by atoms with van der Waals surface area (Å²) in [4.78, 5) is 0. The monoisotopic (exact) mass is 301 g/mol. The third-order valence-corrected chi connectivity index (χ3v) is 3.12. The highest BCUT2D eigenvalue weighted by Crippen LogP contribution is 2.18. The zero-order valence-electron chi connectivity index (χ0n) is 9.77. The first kappa shape index (κ1) is 12.7. The Morgan fingerprint density at radius 3 is 2.33 bits per heavy atom. The van der Waals surface area contributed by atoms with Crippen molar-refractivity contribution in [3.63, 3.8) is 0 Å². The van der Waals surface area contributed by atoms with E-state index in [0.717, 1.165) is 21.3 Å². The molecule has 0 aliphatic heterocycles. The highest BCUT2D eigenvalue weighted by Gasteiger charge is 2.02. The molecule has 2 nitrogen and oxygen atoms in total. The van der Waals surface area contributed by atoms with Crippen molar-refractivity contribution in [3.05, 3.63) is 64.1 Å². The zero-order valence-corrected chi connectivity index (χ0v) is 11.4. The van der Waals surface area contributed by atoms with Gasteiger partial charge in [-0.15, -0.1) is 0 Å². The third kappa shape index (κ3) is 3.35. The summed E-state index contributed by atoms with van der Waals surface area (Å²) in [5, 5.41) is 8.76. The van der Waals surface area contributed by atoms with Gasteiger partial charge in [0.25, 0.3) is 0 Å². The van der Waals surface area contributed by atoms with Gasteiger partial charge in [0.05, 0.1) is 12.5 Å². The third-order valence-electron chi connectivity index (χ3n) is 2.60. The summed E-state index contributed by atoms with van der Waals surface area (Å²) in [6, 6.07) is 17.7. The van der Waals surface area contributed by atoms with Crippen molar-refractivity contribution in [2.24, 2.45) is 0 Å². The second-order valence-electron chi connectivity index (χ2n) is 3.85. The number of benzene rings is 2. The van der Waals surface area contributed by atoms with Crippen LogP contribution < -0.4 is 4.74 Å². The van der Waals surface area contributed by atoms with Gasteiger partial charge in [-0.3, -0.25) is 0 Å². The summed E-state index contributed by atoms with van der Waals surface area (Å²) in [5.74, 6) is 0.824. The SMILES string of the molecule is N#CCc1ccccc1COc1ccc(Br)cc1. The van der Waals surface area contributed by atoms with Gasteiger partial charge in [0, 0.05) is 4.47 Å². The molecule has 0 bridgehead atoms. The second-order valence-corrected chi connectivity index (χ2v) is 4.76. The molecule has 18 heavy (non-hydrogen) atoms. The molecular formula is C15H12BrNO. The minimum absolute atomic E-state index is 0.417. The first-order chi connectivity index (χ1) is 8.79. The van der Waals surface area contributed by atoms with Gasteiger partial charge in [0.2, 0.25) is 0 Å². The van der Waals surface area contributed by atoms with E-state index in [1.165, 1.54) is 0 Å². The maximum atomic E-state index is 8.76. The average molecular weight is 302 g/mol. The van der Waals surface area contributed by atoms with Gasteiger partial charge in [-0.05, 0) is 35.4 Å². The van der Waals surface area contributed by atoms with E-state index in [2.05, 4.69) is 22.0 Å². The molecule has 0 heterocycles. The molecule has 0 radical (unpaired) electrons. The van der Waals surface area contributed by atoms with E-state index in [1.807, 2.05) is 48.5 Å². The van der Waals surface area contributed by atoms with E-state index >= 15 is 0 Å². The van der Waals surface area contributed by atoms with Crippen LogP contribution in [0.5, 0.6) is 5.75 Å². The normalized spacial score (nSPS) is 9.78. The molecular weight excluding hydrogens is 290 g/mol. The van der Waals surface area contributed by atoms with Crippen LogP contribution in [0.4, 0.5) is 0 Å². The lowest BCUT2D eigenvalue weighted by atomic mass is 10.1. The fraction of sp³-hybridized carbons (Fsp3) is 0.133. The molecule has 0 aliphatic carbocycles. The predicted octanol–water partition coefficient (Wildman–Crippen LogP) is 4.09. The minimum atomic E-state index is 0.417. The Bertz CT molecular complexity index is 557. The number of hydrogen-bond acceptors (Lipinski definition) is 2. The highest BCUT2D eigenvalue weighted by molar-refractivity contribution is 9.10. The molecule has 0 aliphatic rings. The van der Waals surface area contributed by atoms with Crippen LogP contribution in [0.25, 0.3) is 0 Å². The Labute approximate surface area is 115 Å². The number of ether oxygens (including phenoxy) is 1. The molecule has 2 rings (SSSR count). The highest BCUT2D eigenvalue weighted by atomic mass is 79.9. The van der Waals surface area contributed by atoms with E-state index in [1.54, 1.807) is 0 Å². The largest absolute Gasteiger partial charge is 0.489 e. The van der Waals surface area contributed by atoms with Crippen molar-refractivity contribution in [1.29, 1.82) is 5.26 Å². The Morgan fingerprint density at radius 1 is 1.00 bits per heavy atom. The summed E-state index contributed by atoms with van der Waals surface area (Å²) >= 11 is 3.38. The molecule has 0 saturated heterocycles. The summed E-state index contributed by atoms with van der Waals surface area (Å²) in [6.07, 6.45) is 0.417. The van der Waals surface area contributed by atoms with Crippen LogP contribution in [0.2, 0.25) is 0 Å². The van der Waals surface area contributed by atoms with Gasteiger partial charge >= 0.3 is 0 Å². The lowest BCUT2D eigenvalue weighted by Crippen LogP contribution is -1.99. The smallest absolute Gasteiger partial charge is 0.119 e. The molecule has 0 fully saturated rings. The molecule has 0 atom stereocenters. The van der Waals surface area contributed by atoms with Crippen molar-refractivity contribution in [1.82, 2.24) is 0 Å². The summed E-state index contributed by atoms with van der Waals surface area (Å²) < 4.78 is 6.73. The topological polar surface area (TPSA) is 33.0 Å². The molecule has 2 aromatic rings. The van der Waals surface area contributed by atoms with Crippen molar-refractivity contribution in [2.45, 2.75) is 13.0 Å².